The van der Waals surface area contributed by atoms with Gasteiger partial charge in [0.25, 0.3) is 0 Å². The molecule has 0 unspecified atom stereocenters. The highest BCUT2D eigenvalue weighted by molar-refractivity contribution is 5.53. The lowest BCUT2D eigenvalue weighted by molar-refractivity contribution is 0.415. The van der Waals surface area contributed by atoms with Gasteiger partial charge in [0.15, 0.2) is 0 Å². The Bertz CT molecular complexity index is 390. The smallest absolute Gasteiger partial charge is 0.118 e. The quantitative estimate of drug-likeness (QED) is 0.539. The fourth-order valence-electron chi connectivity index (χ4n) is 1.45. The lowest BCUT2D eigenvalue weighted by Gasteiger charge is -1.98. The molecule has 0 saturated carbocycles. The van der Waals surface area contributed by atoms with Crippen LogP contribution in [0.2, 0.25) is 0 Å². The van der Waals surface area contributed by atoms with Gasteiger partial charge in [-0.1, -0.05) is 43.7 Å². The van der Waals surface area contributed by atoms with Crippen LogP contribution in [0.1, 0.15) is 38.2 Å². The molecule has 0 amide bonds. The van der Waals surface area contributed by atoms with Crippen LogP contribution in [0, 0.1) is 11.8 Å². The number of hydrogen-bond acceptors (Lipinski definition) is 1. The average molecular weight is 228 g/mol. The molecule has 0 fully saturated rings. The van der Waals surface area contributed by atoms with Crippen molar-refractivity contribution < 1.29 is 4.74 Å². The normalized spacial score (nSPS) is 10.0. The monoisotopic (exact) mass is 228 g/mol. The Morgan fingerprint density at radius 3 is 2.59 bits per heavy atom. The molecule has 1 aromatic carbocycles. The minimum atomic E-state index is 0.882. The zero-order valence-electron chi connectivity index (χ0n) is 10.7. The van der Waals surface area contributed by atoms with Gasteiger partial charge in [-0.2, -0.15) is 0 Å². The molecule has 1 rings (SSSR count). The summed E-state index contributed by atoms with van der Waals surface area (Å²) < 4.78 is 5.10. The number of hydrogen-bond donors (Lipinski definition) is 0. The average Bonchev–Trinajstić information content (AvgIpc) is 2.38. The maximum Gasteiger partial charge on any atom is 0.118 e. The first-order valence-corrected chi connectivity index (χ1v) is 6.16. The minimum Gasteiger partial charge on any atom is -0.497 e. The highest BCUT2D eigenvalue weighted by atomic mass is 16.5. The summed E-state index contributed by atoms with van der Waals surface area (Å²) in [5.74, 6) is 7.09. The Labute approximate surface area is 105 Å². The van der Waals surface area contributed by atoms with Gasteiger partial charge in [0.1, 0.15) is 5.75 Å². The third kappa shape index (κ3) is 5.82. The van der Waals surface area contributed by atoms with Crippen molar-refractivity contribution in [3.8, 4) is 17.6 Å². The molecule has 0 atom stereocenters. The molecule has 1 nitrogen and oxygen atoms in total. The summed E-state index contributed by atoms with van der Waals surface area (Å²) in [6.45, 7) is 2.21. The third-order valence-corrected chi connectivity index (χ3v) is 2.48. The predicted molar refractivity (Wildman–Crippen MR) is 73.9 cm³/mol. The number of ether oxygens (including phenoxy) is 1. The van der Waals surface area contributed by atoms with Gasteiger partial charge in [0.2, 0.25) is 0 Å². The number of benzene rings is 1. The molecule has 1 heteroatoms. The van der Waals surface area contributed by atoms with E-state index in [2.05, 4.69) is 18.8 Å². The summed E-state index contributed by atoms with van der Waals surface area (Å²) in [6.07, 6.45) is 8.67. The van der Waals surface area contributed by atoms with E-state index in [4.69, 9.17) is 4.74 Å². The number of allylic oxidation sites excluding steroid dienone is 1. The molecule has 0 aliphatic carbocycles. The molecule has 90 valence electrons. The summed E-state index contributed by atoms with van der Waals surface area (Å²) in [4.78, 5) is 0. The highest BCUT2D eigenvalue weighted by Crippen LogP contribution is 2.11. The van der Waals surface area contributed by atoms with Crippen molar-refractivity contribution >= 4 is 6.08 Å². The third-order valence-electron chi connectivity index (χ3n) is 2.48. The van der Waals surface area contributed by atoms with E-state index in [9.17, 15) is 0 Å². The van der Waals surface area contributed by atoms with Gasteiger partial charge in [-0.05, 0) is 36.3 Å². The van der Waals surface area contributed by atoms with E-state index in [0.717, 1.165) is 17.7 Å². The number of unbranched alkanes of at least 4 members (excludes halogenated alkanes) is 3. The summed E-state index contributed by atoms with van der Waals surface area (Å²) in [5.41, 5.74) is 1.15. The second kappa shape index (κ2) is 8.47. The zero-order chi connectivity index (χ0) is 12.3. The predicted octanol–water partition coefficient (Wildman–Crippen LogP) is 4.29. The summed E-state index contributed by atoms with van der Waals surface area (Å²) in [5, 5.41) is 0. The van der Waals surface area contributed by atoms with Crippen LogP contribution in [0.25, 0.3) is 6.08 Å². The Hall–Kier alpha value is -1.68. The summed E-state index contributed by atoms with van der Waals surface area (Å²) in [6, 6.07) is 7.95. The van der Waals surface area contributed by atoms with Crippen molar-refractivity contribution in [1.82, 2.24) is 0 Å². The molecule has 0 heterocycles. The van der Waals surface area contributed by atoms with Crippen molar-refractivity contribution in [1.29, 1.82) is 0 Å². The standard InChI is InChI=1S/C16H20O/c1-3-4-5-6-7-8-9-10-15-11-13-16(17-2)14-12-15/h9-14H,3-6H2,1-2H3/b10-9-. The number of methoxy groups -OCH3 is 1. The van der Waals surface area contributed by atoms with Gasteiger partial charge in [-0.25, -0.2) is 0 Å². The maximum atomic E-state index is 5.10. The van der Waals surface area contributed by atoms with Crippen molar-refractivity contribution in [2.45, 2.75) is 32.6 Å². The zero-order valence-corrected chi connectivity index (χ0v) is 10.7. The topological polar surface area (TPSA) is 9.23 Å². The first kappa shape index (κ1) is 13.4. The molecule has 0 aliphatic rings. The van der Waals surface area contributed by atoms with E-state index in [1.807, 2.05) is 36.4 Å². The Morgan fingerprint density at radius 1 is 1.18 bits per heavy atom. The number of rotatable bonds is 5. The minimum absolute atomic E-state index is 0.882. The fraction of sp³-hybridized carbons (Fsp3) is 0.375. The van der Waals surface area contributed by atoms with Crippen LogP contribution in [0.5, 0.6) is 5.75 Å². The molecule has 0 N–H and O–H groups in total. The second-order valence-corrected chi connectivity index (χ2v) is 3.88. The van der Waals surface area contributed by atoms with Crippen molar-refractivity contribution in [3.63, 3.8) is 0 Å². The van der Waals surface area contributed by atoms with Gasteiger partial charge in [-0.3, -0.25) is 0 Å². The Balaban J connectivity index is 2.36. The SMILES string of the molecule is CCCCCC#C/C=C\c1ccc(OC)cc1. The van der Waals surface area contributed by atoms with E-state index < -0.39 is 0 Å². The molecule has 0 radical (unpaired) electrons. The highest BCUT2D eigenvalue weighted by Gasteiger charge is 1.88. The first-order valence-electron chi connectivity index (χ1n) is 6.16. The molecule has 0 aromatic heterocycles. The molecule has 0 bridgehead atoms. The van der Waals surface area contributed by atoms with Crippen LogP contribution < -0.4 is 4.74 Å². The molecular formula is C16H20O. The molecule has 17 heavy (non-hydrogen) atoms. The van der Waals surface area contributed by atoms with Gasteiger partial charge in [-0.15, -0.1) is 0 Å². The van der Waals surface area contributed by atoms with Gasteiger partial charge in [0.05, 0.1) is 7.11 Å². The lowest BCUT2D eigenvalue weighted by Crippen LogP contribution is -1.81. The van der Waals surface area contributed by atoms with Crippen LogP contribution in [0.3, 0.4) is 0 Å². The van der Waals surface area contributed by atoms with Crippen LogP contribution in [0.4, 0.5) is 0 Å². The second-order valence-electron chi connectivity index (χ2n) is 3.88. The summed E-state index contributed by atoms with van der Waals surface area (Å²) in [7, 11) is 1.67. The molecule has 0 saturated heterocycles. The van der Waals surface area contributed by atoms with Crippen molar-refractivity contribution in [3.05, 3.63) is 35.9 Å². The van der Waals surface area contributed by atoms with E-state index in [0.29, 0.717) is 0 Å². The van der Waals surface area contributed by atoms with Crippen LogP contribution >= 0.6 is 0 Å². The Kier molecular flexibility index (Phi) is 6.67. The maximum absolute atomic E-state index is 5.10. The van der Waals surface area contributed by atoms with Gasteiger partial charge in [0, 0.05) is 6.42 Å². The first-order chi connectivity index (χ1) is 8.36. The van der Waals surface area contributed by atoms with E-state index >= 15 is 0 Å². The molecule has 0 aliphatic heterocycles. The fourth-order valence-corrected chi connectivity index (χ4v) is 1.45. The van der Waals surface area contributed by atoms with Crippen molar-refractivity contribution in [2.24, 2.45) is 0 Å². The van der Waals surface area contributed by atoms with Crippen LogP contribution in [-0.2, 0) is 0 Å². The Morgan fingerprint density at radius 2 is 1.94 bits per heavy atom. The van der Waals surface area contributed by atoms with Crippen molar-refractivity contribution in [2.75, 3.05) is 7.11 Å². The van der Waals surface area contributed by atoms with E-state index in [-0.39, 0.29) is 0 Å². The molecule has 0 spiro atoms. The molecular weight excluding hydrogens is 208 g/mol. The summed E-state index contributed by atoms with van der Waals surface area (Å²) >= 11 is 0. The van der Waals surface area contributed by atoms with Gasteiger partial charge >= 0.3 is 0 Å². The largest absolute Gasteiger partial charge is 0.497 e. The van der Waals surface area contributed by atoms with Crippen LogP contribution in [0.15, 0.2) is 30.3 Å². The van der Waals surface area contributed by atoms with E-state index in [1.165, 1.54) is 19.3 Å². The van der Waals surface area contributed by atoms with Crippen LogP contribution in [-0.4, -0.2) is 7.11 Å². The molecule has 1 aromatic rings. The van der Waals surface area contributed by atoms with E-state index in [1.54, 1.807) is 7.11 Å². The van der Waals surface area contributed by atoms with Gasteiger partial charge < -0.3 is 4.74 Å². The lowest BCUT2D eigenvalue weighted by atomic mass is 10.2.